The summed E-state index contributed by atoms with van der Waals surface area (Å²) in [5.74, 6) is 0.448. The van der Waals surface area contributed by atoms with Gasteiger partial charge in [0.15, 0.2) is 0 Å². The lowest BCUT2D eigenvalue weighted by atomic mass is 9.87. The van der Waals surface area contributed by atoms with Gasteiger partial charge in [-0.1, -0.05) is 6.92 Å². The van der Waals surface area contributed by atoms with Gasteiger partial charge in [-0.15, -0.1) is 0 Å². The molecule has 0 aromatic carbocycles. The summed E-state index contributed by atoms with van der Waals surface area (Å²) in [4.78, 5) is 4.47. The van der Waals surface area contributed by atoms with E-state index in [1.165, 1.54) is 11.4 Å². The summed E-state index contributed by atoms with van der Waals surface area (Å²) in [5, 5.41) is 0. The van der Waals surface area contributed by atoms with E-state index in [9.17, 15) is 0 Å². The van der Waals surface area contributed by atoms with Crippen LogP contribution in [0, 0.1) is 0 Å². The van der Waals surface area contributed by atoms with E-state index in [1.807, 2.05) is 6.33 Å². The van der Waals surface area contributed by atoms with Gasteiger partial charge in [0, 0.05) is 23.7 Å². The molecule has 0 saturated heterocycles. The standard InChI is InChI=1S/C11H19N3/c1-7(2)14-6-13-10-5-4-9(12)8(3)11(10)14/h6-9H,4-5,12H2,1-3H3. The molecule has 1 aromatic rings. The zero-order valence-corrected chi connectivity index (χ0v) is 9.20. The number of hydrogen-bond donors (Lipinski definition) is 1. The maximum Gasteiger partial charge on any atom is 0.0954 e. The van der Waals surface area contributed by atoms with Crippen LogP contribution in [0.25, 0.3) is 0 Å². The Morgan fingerprint density at radius 1 is 1.57 bits per heavy atom. The average Bonchev–Trinajstić information content (AvgIpc) is 2.55. The molecular formula is C11H19N3. The van der Waals surface area contributed by atoms with E-state index in [1.54, 1.807) is 0 Å². The molecule has 78 valence electrons. The van der Waals surface area contributed by atoms with E-state index >= 15 is 0 Å². The number of rotatable bonds is 1. The molecule has 0 radical (unpaired) electrons. The third-order valence-corrected chi connectivity index (χ3v) is 3.26. The molecule has 2 unspecified atom stereocenters. The molecule has 2 N–H and O–H groups in total. The molecule has 1 aliphatic carbocycles. The van der Waals surface area contributed by atoms with Crippen molar-refractivity contribution >= 4 is 0 Å². The minimum absolute atomic E-state index is 0.302. The van der Waals surface area contributed by atoms with Crippen molar-refractivity contribution in [3.63, 3.8) is 0 Å². The lowest BCUT2D eigenvalue weighted by Gasteiger charge is -2.28. The van der Waals surface area contributed by atoms with Crippen molar-refractivity contribution in [1.29, 1.82) is 0 Å². The van der Waals surface area contributed by atoms with Gasteiger partial charge in [-0.3, -0.25) is 0 Å². The van der Waals surface area contributed by atoms with Gasteiger partial charge in [-0.05, 0) is 26.7 Å². The van der Waals surface area contributed by atoms with E-state index in [2.05, 4.69) is 30.3 Å². The summed E-state index contributed by atoms with van der Waals surface area (Å²) in [5.41, 5.74) is 8.70. The van der Waals surface area contributed by atoms with Gasteiger partial charge in [0.2, 0.25) is 0 Å². The van der Waals surface area contributed by atoms with Crippen LogP contribution in [0.5, 0.6) is 0 Å². The Kier molecular flexibility index (Phi) is 2.35. The van der Waals surface area contributed by atoms with Crippen molar-refractivity contribution in [3.8, 4) is 0 Å². The summed E-state index contributed by atoms with van der Waals surface area (Å²) in [6.45, 7) is 6.59. The van der Waals surface area contributed by atoms with Crippen LogP contribution in [0.2, 0.25) is 0 Å². The van der Waals surface area contributed by atoms with Gasteiger partial charge in [0.25, 0.3) is 0 Å². The van der Waals surface area contributed by atoms with E-state index in [4.69, 9.17) is 5.73 Å². The molecule has 0 spiro atoms. The predicted octanol–water partition coefficient (Wildman–Crippen LogP) is 1.84. The molecule has 1 aromatic heterocycles. The molecule has 2 atom stereocenters. The predicted molar refractivity (Wildman–Crippen MR) is 57.3 cm³/mol. The number of nitrogens with zero attached hydrogens (tertiary/aromatic N) is 2. The van der Waals surface area contributed by atoms with Crippen LogP contribution in [0.3, 0.4) is 0 Å². The molecule has 0 saturated carbocycles. The van der Waals surface area contributed by atoms with Crippen molar-refractivity contribution in [2.75, 3.05) is 0 Å². The highest BCUT2D eigenvalue weighted by atomic mass is 15.1. The van der Waals surface area contributed by atoms with Crippen molar-refractivity contribution in [2.24, 2.45) is 5.73 Å². The highest BCUT2D eigenvalue weighted by Gasteiger charge is 2.28. The first-order valence-electron chi connectivity index (χ1n) is 5.42. The molecule has 3 nitrogen and oxygen atoms in total. The maximum absolute atomic E-state index is 6.08. The van der Waals surface area contributed by atoms with Gasteiger partial charge in [0.1, 0.15) is 0 Å². The lowest BCUT2D eigenvalue weighted by molar-refractivity contribution is 0.450. The molecular weight excluding hydrogens is 174 g/mol. The highest BCUT2D eigenvalue weighted by Crippen LogP contribution is 2.31. The fourth-order valence-electron chi connectivity index (χ4n) is 2.27. The number of aromatic nitrogens is 2. The maximum atomic E-state index is 6.08. The number of hydrogen-bond acceptors (Lipinski definition) is 2. The Bertz CT molecular complexity index is 327. The van der Waals surface area contributed by atoms with Crippen molar-refractivity contribution in [2.45, 2.75) is 51.6 Å². The first-order valence-corrected chi connectivity index (χ1v) is 5.42. The SMILES string of the molecule is CC1c2c(ncn2C(C)C)CCC1N. The largest absolute Gasteiger partial charge is 0.331 e. The lowest BCUT2D eigenvalue weighted by Crippen LogP contribution is -2.33. The van der Waals surface area contributed by atoms with Crippen molar-refractivity contribution in [3.05, 3.63) is 17.7 Å². The normalized spacial score (nSPS) is 26.6. The second-order valence-electron chi connectivity index (χ2n) is 4.57. The Morgan fingerprint density at radius 3 is 2.93 bits per heavy atom. The van der Waals surface area contributed by atoms with E-state index in [-0.39, 0.29) is 0 Å². The van der Waals surface area contributed by atoms with Crippen molar-refractivity contribution < 1.29 is 0 Å². The monoisotopic (exact) mass is 193 g/mol. The van der Waals surface area contributed by atoms with E-state index in [0.29, 0.717) is 18.0 Å². The fourth-order valence-corrected chi connectivity index (χ4v) is 2.27. The summed E-state index contributed by atoms with van der Waals surface area (Å²) in [6, 6.07) is 0.788. The minimum Gasteiger partial charge on any atom is -0.331 e. The topological polar surface area (TPSA) is 43.8 Å². The molecule has 14 heavy (non-hydrogen) atoms. The van der Waals surface area contributed by atoms with Gasteiger partial charge >= 0.3 is 0 Å². The summed E-state index contributed by atoms with van der Waals surface area (Å²) < 4.78 is 2.26. The zero-order chi connectivity index (χ0) is 10.3. The number of fused-ring (bicyclic) bond motifs is 1. The van der Waals surface area contributed by atoms with Crippen LogP contribution in [0.1, 0.15) is 50.5 Å². The Labute approximate surface area is 85.3 Å². The Balaban J connectivity index is 2.44. The Hall–Kier alpha value is -0.830. The van der Waals surface area contributed by atoms with Gasteiger partial charge < -0.3 is 10.3 Å². The summed E-state index contributed by atoms with van der Waals surface area (Å²) >= 11 is 0. The van der Waals surface area contributed by atoms with Gasteiger partial charge in [0.05, 0.1) is 12.0 Å². The van der Waals surface area contributed by atoms with E-state index in [0.717, 1.165) is 12.8 Å². The molecule has 0 bridgehead atoms. The number of nitrogens with two attached hydrogens (primary N) is 1. The minimum atomic E-state index is 0.302. The van der Waals surface area contributed by atoms with Gasteiger partial charge in [-0.2, -0.15) is 0 Å². The van der Waals surface area contributed by atoms with Crippen LogP contribution >= 0.6 is 0 Å². The van der Waals surface area contributed by atoms with Gasteiger partial charge in [-0.25, -0.2) is 4.98 Å². The molecule has 1 aliphatic rings. The molecule has 0 amide bonds. The molecule has 0 aliphatic heterocycles. The third-order valence-electron chi connectivity index (χ3n) is 3.26. The third kappa shape index (κ3) is 1.36. The highest BCUT2D eigenvalue weighted by molar-refractivity contribution is 5.23. The van der Waals surface area contributed by atoms with Crippen LogP contribution in [0.15, 0.2) is 6.33 Å². The second kappa shape index (κ2) is 3.39. The smallest absolute Gasteiger partial charge is 0.0954 e. The quantitative estimate of drug-likeness (QED) is 0.739. The van der Waals surface area contributed by atoms with Crippen LogP contribution in [-0.2, 0) is 6.42 Å². The average molecular weight is 193 g/mol. The second-order valence-corrected chi connectivity index (χ2v) is 4.57. The first kappa shape index (κ1) is 9.71. The van der Waals surface area contributed by atoms with Crippen molar-refractivity contribution in [1.82, 2.24) is 9.55 Å². The molecule has 0 fully saturated rings. The molecule has 2 rings (SSSR count). The van der Waals surface area contributed by atoms with E-state index < -0.39 is 0 Å². The van der Waals surface area contributed by atoms with Crippen LogP contribution < -0.4 is 5.73 Å². The fraction of sp³-hybridized carbons (Fsp3) is 0.727. The summed E-state index contributed by atoms with van der Waals surface area (Å²) in [7, 11) is 0. The number of imidazole rings is 1. The molecule has 3 heteroatoms. The Morgan fingerprint density at radius 2 is 2.29 bits per heavy atom. The van der Waals surface area contributed by atoms with Crippen LogP contribution in [-0.4, -0.2) is 15.6 Å². The van der Waals surface area contributed by atoms with Crippen LogP contribution in [0.4, 0.5) is 0 Å². The zero-order valence-electron chi connectivity index (χ0n) is 9.20. The number of aryl methyl sites for hydroxylation is 1. The first-order chi connectivity index (χ1) is 6.61. The molecule has 1 heterocycles. The summed E-state index contributed by atoms with van der Waals surface area (Å²) in [6.07, 6.45) is 4.08.